The van der Waals surface area contributed by atoms with Gasteiger partial charge in [-0.05, 0) is 55.8 Å². The van der Waals surface area contributed by atoms with E-state index < -0.39 is 0 Å². The average Bonchev–Trinajstić information content (AvgIpc) is 3.27. The Hall–Kier alpha value is -3.91. The molecule has 0 spiro atoms. The average molecular weight is 485 g/mol. The maximum Gasteiger partial charge on any atom is 0.317 e. The van der Waals surface area contributed by atoms with Crippen molar-refractivity contribution in [3.63, 3.8) is 0 Å². The second kappa shape index (κ2) is 10.8. The Morgan fingerprint density at radius 2 is 1.75 bits per heavy atom. The predicted molar refractivity (Wildman–Crippen MR) is 140 cm³/mol. The minimum Gasteiger partial charge on any atom is -0.494 e. The van der Waals surface area contributed by atoms with Gasteiger partial charge in [-0.3, -0.25) is 9.47 Å². The summed E-state index contributed by atoms with van der Waals surface area (Å²) in [5, 5.41) is 3.05. The summed E-state index contributed by atoms with van der Waals surface area (Å²) in [5.41, 5.74) is 5.03. The maximum absolute atomic E-state index is 12.7. The van der Waals surface area contributed by atoms with Crippen molar-refractivity contribution in [3.05, 3.63) is 83.8 Å². The van der Waals surface area contributed by atoms with Crippen molar-refractivity contribution < 1.29 is 9.53 Å². The van der Waals surface area contributed by atoms with Gasteiger partial charge in [-0.2, -0.15) is 0 Å². The summed E-state index contributed by atoms with van der Waals surface area (Å²) in [6, 6.07) is 20.2. The number of amides is 2. The smallest absolute Gasteiger partial charge is 0.317 e. The number of carbonyl (C=O) groups excluding carboxylic acids is 1. The molecule has 1 fully saturated rings. The molecule has 1 N–H and O–H groups in total. The number of nitrogens with one attached hydrogen (secondary N) is 1. The van der Waals surface area contributed by atoms with Crippen molar-refractivity contribution in [2.75, 3.05) is 32.8 Å². The van der Waals surface area contributed by atoms with Crippen LogP contribution in [0.3, 0.4) is 0 Å². The van der Waals surface area contributed by atoms with Gasteiger partial charge in [0.15, 0.2) is 5.65 Å². The Kier molecular flexibility index (Phi) is 7.13. The van der Waals surface area contributed by atoms with Crippen molar-refractivity contribution >= 4 is 17.2 Å². The zero-order valence-electron chi connectivity index (χ0n) is 20.9. The molecule has 0 bridgehead atoms. The lowest BCUT2D eigenvalue weighted by atomic mass is 10.1. The molecule has 8 nitrogen and oxygen atoms in total. The van der Waals surface area contributed by atoms with E-state index in [4.69, 9.17) is 9.72 Å². The molecular weight excluding hydrogens is 452 g/mol. The van der Waals surface area contributed by atoms with Gasteiger partial charge in [-0.25, -0.2) is 14.8 Å². The summed E-state index contributed by atoms with van der Waals surface area (Å²) in [6.07, 6.45) is 1.80. The van der Waals surface area contributed by atoms with Crippen LogP contribution in [0.5, 0.6) is 5.75 Å². The van der Waals surface area contributed by atoms with Crippen molar-refractivity contribution in [2.24, 2.45) is 0 Å². The number of ether oxygens (including phenoxy) is 1. The zero-order chi connectivity index (χ0) is 24.9. The molecule has 0 unspecified atom stereocenters. The Labute approximate surface area is 211 Å². The lowest BCUT2D eigenvalue weighted by molar-refractivity contribution is 0.133. The molecule has 1 saturated heterocycles. The van der Waals surface area contributed by atoms with Gasteiger partial charge >= 0.3 is 6.03 Å². The van der Waals surface area contributed by atoms with E-state index in [0.29, 0.717) is 32.8 Å². The van der Waals surface area contributed by atoms with Gasteiger partial charge in [0.1, 0.15) is 17.1 Å². The van der Waals surface area contributed by atoms with Crippen molar-refractivity contribution in [1.82, 2.24) is 29.7 Å². The monoisotopic (exact) mass is 484 g/mol. The Morgan fingerprint density at radius 1 is 1.00 bits per heavy atom. The first-order valence-corrected chi connectivity index (χ1v) is 12.5. The van der Waals surface area contributed by atoms with Crippen LogP contribution in [0.4, 0.5) is 4.79 Å². The number of hydrogen-bond donors (Lipinski definition) is 1. The minimum atomic E-state index is -0.0129. The van der Waals surface area contributed by atoms with Gasteiger partial charge in [0.05, 0.1) is 13.2 Å². The summed E-state index contributed by atoms with van der Waals surface area (Å²) in [6.45, 7) is 8.84. The summed E-state index contributed by atoms with van der Waals surface area (Å²) in [7, 11) is 0. The molecule has 3 heterocycles. The number of piperazine rings is 1. The minimum absolute atomic E-state index is 0.0129. The number of benzene rings is 2. The number of aromatic nitrogens is 3. The normalized spacial score (nSPS) is 14.2. The van der Waals surface area contributed by atoms with Crippen LogP contribution in [-0.2, 0) is 13.1 Å². The lowest BCUT2D eigenvalue weighted by Crippen LogP contribution is -2.51. The molecule has 2 aromatic carbocycles. The second-order valence-electron chi connectivity index (χ2n) is 9.04. The highest BCUT2D eigenvalue weighted by atomic mass is 16.5. The molecule has 36 heavy (non-hydrogen) atoms. The number of hydrogen-bond acceptors (Lipinski definition) is 5. The number of rotatable bonds is 7. The van der Waals surface area contributed by atoms with Crippen LogP contribution < -0.4 is 10.1 Å². The van der Waals surface area contributed by atoms with Crippen LogP contribution in [0, 0.1) is 6.92 Å². The number of carbonyl (C=O) groups is 1. The SMILES string of the molecule is CCOc1ccc(-n2c(CN3CCN(C(=O)NCc4ccc(C)cc4)CC3)nc3cccnc32)cc1. The number of pyridine rings is 1. The molecule has 0 radical (unpaired) electrons. The quantitative estimate of drug-likeness (QED) is 0.426. The number of fused-ring (bicyclic) bond motifs is 1. The summed E-state index contributed by atoms with van der Waals surface area (Å²) < 4.78 is 7.72. The van der Waals surface area contributed by atoms with Crippen molar-refractivity contribution in [1.29, 1.82) is 0 Å². The van der Waals surface area contributed by atoms with Gasteiger partial charge in [0.2, 0.25) is 0 Å². The van der Waals surface area contributed by atoms with Gasteiger partial charge in [-0.15, -0.1) is 0 Å². The van der Waals surface area contributed by atoms with E-state index in [2.05, 4.69) is 51.0 Å². The Morgan fingerprint density at radius 3 is 2.47 bits per heavy atom. The van der Waals surface area contributed by atoms with Crippen LogP contribution in [0.1, 0.15) is 23.9 Å². The van der Waals surface area contributed by atoms with E-state index in [0.717, 1.165) is 47.1 Å². The molecule has 0 atom stereocenters. The van der Waals surface area contributed by atoms with Crippen LogP contribution in [-0.4, -0.2) is 63.2 Å². The number of imidazole rings is 1. The van der Waals surface area contributed by atoms with E-state index in [1.165, 1.54) is 5.56 Å². The molecule has 5 rings (SSSR count). The van der Waals surface area contributed by atoms with Gasteiger partial charge < -0.3 is 15.0 Å². The number of nitrogens with zero attached hydrogens (tertiary/aromatic N) is 5. The van der Waals surface area contributed by atoms with Gasteiger partial charge in [0.25, 0.3) is 0 Å². The fourth-order valence-electron chi connectivity index (χ4n) is 4.50. The van der Waals surface area contributed by atoms with Crippen LogP contribution in [0.2, 0.25) is 0 Å². The van der Waals surface area contributed by atoms with Gasteiger partial charge in [0, 0.05) is 44.6 Å². The molecule has 186 valence electrons. The first-order valence-electron chi connectivity index (χ1n) is 12.5. The third kappa shape index (κ3) is 5.33. The van der Waals surface area contributed by atoms with Crippen LogP contribution in [0.25, 0.3) is 16.9 Å². The van der Waals surface area contributed by atoms with E-state index in [1.54, 1.807) is 6.20 Å². The third-order valence-electron chi connectivity index (χ3n) is 6.48. The lowest BCUT2D eigenvalue weighted by Gasteiger charge is -2.34. The fraction of sp³-hybridized carbons (Fsp3) is 0.321. The standard InChI is InChI=1S/C28H32N6O2/c1-3-36-24-12-10-23(11-13-24)34-26(31-25-5-4-14-29-27(25)34)20-32-15-17-33(18-16-32)28(35)30-19-22-8-6-21(2)7-9-22/h4-14H,3,15-20H2,1-2H3,(H,30,35). The van der Waals surface area contributed by atoms with E-state index in [-0.39, 0.29) is 6.03 Å². The predicted octanol–water partition coefficient (Wildman–Crippen LogP) is 4.16. The van der Waals surface area contributed by atoms with E-state index in [1.807, 2.05) is 48.2 Å². The molecule has 1 aliphatic heterocycles. The van der Waals surface area contributed by atoms with Crippen molar-refractivity contribution in [3.8, 4) is 11.4 Å². The second-order valence-corrected chi connectivity index (χ2v) is 9.04. The summed E-state index contributed by atoms with van der Waals surface area (Å²) in [5.74, 6) is 1.78. The summed E-state index contributed by atoms with van der Waals surface area (Å²) in [4.78, 5) is 26.4. The van der Waals surface area contributed by atoms with E-state index >= 15 is 0 Å². The zero-order valence-corrected chi connectivity index (χ0v) is 20.9. The van der Waals surface area contributed by atoms with Crippen LogP contribution >= 0.6 is 0 Å². The first-order chi connectivity index (χ1) is 17.6. The van der Waals surface area contributed by atoms with Gasteiger partial charge in [-0.1, -0.05) is 29.8 Å². The highest BCUT2D eigenvalue weighted by molar-refractivity contribution is 5.74. The summed E-state index contributed by atoms with van der Waals surface area (Å²) >= 11 is 0. The fourth-order valence-corrected chi connectivity index (χ4v) is 4.50. The third-order valence-corrected chi connectivity index (χ3v) is 6.48. The topological polar surface area (TPSA) is 75.5 Å². The van der Waals surface area contributed by atoms with E-state index in [9.17, 15) is 4.79 Å². The molecule has 2 aromatic heterocycles. The Bertz CT molecular complexity index is 1310. The highest BCUT2D eigenvalue weighted by Crippen LogP contribution is 2.23. The van der Waals surface area contributed by atoms with Crippen LogP contribution in [0.15, 0.2) is 66.9 Å². The largest absolute Gasteiger partial charge is 0.494 e. The van der Waals surface area contributed by atoms with Crippen molar-refractivity contribution in [2.45, 2.75) is 26.9 Å². The highest BCUT2D eigenvalue weighted by Gasteiger charge is 2.23. The first kappa shape index (κ1) is 23.8. The molecule has 4 aromatic rings. The molecular formula is C28H32N6O2. The molecule has 8 heteroatoms. The Balaban J connectivity index is 1.24. The molecule has 1 aliphatic rings. The number of urea groups is 1. The maximum atomic E-state index is 12.7. The molecule has 0 saturated carbocycles. The number of aryl methyl sites for hydroxylation is 1. The molecule has 0 aliphatic carbocycles. The molecule has 2 amide bonds.